The molecule has 136 valence electrons. The summed E-state index contributed by atoms with van der Waals surface area (Å²) in [5.74, 6) is 2.48. The molecule has 1 N–H and O–H groups in total. The highest BCUT2D eigenvalue weighted by Gasteiger charge is 2.15. The van der Waals surface area contributed by atoms with Crippen LogP contribution in [0.5, 0.6) is 5.75 Å². The van der Waals surface area contributed by atoms with Crippen molar-refractivity contribution in [2.45, 2.75) is 26.3 Å². The number of carbonyl (C=O) groups is 1. The van der Waals surface area contributed by atoms with Gasteiger partial charge in [0.15, 0.2) is 0 Å². The molecule has 0 atom stereocenters. The van der Waals surface area contributed by atoms with Crippen LogP contribution < -0.4 is 10.1 Å². The molecular formula is C23H20FNO2. The molecule has 0 aliphatic rings. The molecule has 0 saturated carbocycles. The molecule has 0 spiro atoms. The Labute approximate surface area is 158 Å². The minimum absolute atomic E-state index is 0.0809. The third-order valence-electron chi connectivity index (χ3n) is 4.33. The van der Waals surface area contributed by atoms with Crippen molar-refractivity contribution in [1.29, 1.82) is 0 Å². The van der Waals surface area contributed by atoms with Crippen molar-refractivity contribution in [2.24, 2.45) is 0 Å². The zero-order valence-corrected chi connectivity index (χ0v) is 15.3. The molecule has 3 aromatic rings. The van der Waals surface area contributed by atoms with E-state index in [9.17, 15) is 9.18 Å². The van der Waals surface area contributed by atoms with Crippen molar-refractivity contribution in [3.63, 3.8) is 0 Å². The lowest BCUT2D eigenvalue weighted by molar-refractivity contribution is 0.200. The van der Waals surface area contributed by atoms with Crippen molar-refractivity contribution >= 4 is 16.9 Å². The molecule has 0 saturated heterocycles. The van der Waals surface area contributed by atoms with Crippen LogP contribution in [0.4, 0.5) is 9.18 Å². The summed E-state index contributed by atoms with van der Waals surface area (Å²) in [7, 11) is 0. The number of nitrogens with one attached hydrogen (secondary N) is 1. The summed E-state index contributed by atoms with van der Waals surface area (Å²) in [6, 6.07) is 16.0. The third-order valence-corrected chi connectivity index (χ3v) is 4.33. The Kier molecular flexibility index (Phi) is 5.42. The fraction of sp³-hybridized carbons (Fsp3) is 0.174. The molecule has 0 radical (unpaired) electrons. The molecule has 1 amide bonds. The molecule has 3 nitrogen and oxygen atoms in total. The van der Waals surface area contributed by atoms with Gasteiger partial charge in [-0.05, 0) is 40.6 Å². The molecule has 3 aromatic carbocycles. The van der Waals surface area contributed by atoms with E-state index in [1.54, 1.807) is 18.2 Å². The van der Waals surface area contributed by atoms with Gasteiger partial charge >= 0.3 is 6.09 Å². The molecule has 4 heteroatoms. The van der Waals surface area contributed by atoms with Crippen LogP contribution in [0, 0.1) is 18.2 Å². The second-order valence-electron chi connectivity index (χ2n) is 6.56. The monoisotopic (exact) mass is 361 g/mol. The topological polar surface area (TPSA) is 38.3 Å². The Bertz CT molecular complexity index is 1020. The van der Waals surface area contributed by atoms with Crippen LogP contribution >= 0.6 is 0 Å². The number of hydrogen-bond acceptors (Lipinski definition) is 2. The van der Waals surface area contributed by atoms with E-state index in [4.69, 9.17) is 11.2 Å². The minimum Gasteiger partial charge on any atom is -0.410 e. The van der Waals surface area contributed by atoms with Crippen LogP contribution in [-0.4, -0.2) is 6.09 Å². The van der Waals surface area contributed by atoms with Gasteiger partial charge in [0.05, 0.1) is 5.56 Å². The van der Waals surface area contributed by atoms with Gasteiger partial charge in [0.2, 0.25) is 0 Å². The Morgan fingerprint density at radius 2 is 1.93 bits per heavy atom. The average Bonchev–Trinajstić information content (AvgIpc) is 2.66. The number of carbonyl (C=O) groups excluding carboxylic acids is 1. The van der Waals surface area contributed by atoms with E-state index in [0.29, 0.717) is 17.7 Å². The normalized spacial score (nSPS) is 10.6. The van der Waals surface area contributed by atoms with E-state index in [-0.39, 0.29) is 11.5 Å². The zero-order chi connectivity index (χ0) is 19.4. The molecule has 0 heterocycles. The van der Waals surface area contributed by atoms with Crippen LogP contribution in [0.2, 0.25) is 0 Å². The molecule has 0 fully saturated rings. The maximum atomic E-state index is 14.1. The van der Waals surface area contributed by atoms with Gasteiger partial charge in [0.1, 0.15) is 11.6 Å². The summed E-state index contributed by atoms with van der Waals surface area (Å²) >= 11 is 0. The van der Waals surface area contributed by atoms with Crippen LogP contribution in [0.1, 0.15) is 36.5 Å². The maximum absolute atomic E-state index is 14.1. The second kappa shape index (κ2) is 7.92. The minimum atomic E-state index is -0.549. The summed E-state index contributed by atoms with van der Waals surface area (Å²) in [5, 5.41) is 4.14. The maximum Gasteiger partial charge on any atom is 0.412 e. The van der Waals surface area contributed by atoms with E-state index in [2.05, 4.69) is 11.2 Å². The predicted octanol–water partition coefficient (Wildman–Crippen LogP) is 5.37. The van der Waals surface area contributed by atoms with Crippen molar-refractivity contribution < 1.29 is 13.9 Å². The van der Waals surface area contributed by atoms with Gasteiger partial charge < -0.3 is 10.1 Å². The number of fused-ring (bicyclic) bond motifs is 1. The van der Waals surface area contributed by atoms with Gasteiger partial charge in [-0.3, -0.25) is 0 Å². The lowest BCUT2D eigenvalue weighted by atomic mass is 9.92. The zero-order valence-electron chi connectivity index (χ0n) is 15.3. The highest BCUT2D eigenvalue weighted by molar-refractivity contribution is 5.93. The Hall–Kier alpha value is -3.32. The molecule has 0 aliphatic carbocycles. The number of ether oxygens (including phenoxy) is 1. The van der Waals surface area contributed by atoms with Gasteiger partial charge in [-0.25, -0.2) is 9.18 Å². The fourth-order valence-electron chi connectivity index (χ4n) is 3.01. The summed E-state index contributed by atoms with van der Waals surface area (Å²) in [6.07, 6.45) is 4.97. The van der Waals surface area contributed by atoms with Gasteiger partial charge in [0, 0.05) is 11.9 Å². The molecule has 3 rings (SSSR count). The van der Waals surface area contributed by atoms with Crippen LogP contribution in [0.25, 0.3) is 10.8 Å². The predicted molar refractivity (Wildman–Crippen MR) is 105 cm³/mol. The Morgan fingerprint density at radius 3 is 2.59 bits per heavy atom. The summed E-state index contributed by atoms with van der Waals surface area (Å²) in [6.45, 7) is 4.34. The average molecular weight is 361 g/mol. The smallest absolute Gasteiger partial charge is 0.410 e. The second-order valence-corrected chi connectivity index (χ2v) is 6.56. The van der Waals surface area contributed by atoms with Crippen LogP contribution in [-0.2, 0) is 6.54 Å². The third kappa shape index (κ3) is 4.09. The number of hydrogen-bond donors (Lipinski definition) is 1. The first-order valence-corrected chi connectivity index (χ1v) is 8.72. The van der Waals surface area contributed by atoms with Gasteiger partial charge in [-0.1, -0.05) is 56.2 Å². The first kappa shape index (κ1) is 18.5. The molecular weight excluding hydrogens is 341 g/mol. The molecule has 27 heavy (non-hydrogen) atoms. The lowest BCUT2D eigenvalue weighted by Crippen LogP contribution is -2.26. The molecule has 0 aliphatic heterocycles. The van der Waals surface area contributed by atoms with Crippen LogP contribution in [0.15, 0.2) is 54.6 Å². The van der Waals surface area contributed by atoms with Crippen molar-refractivity contribution in [1.82, 2.24) is 5.32 Å². The quantitative estimate of drug-likeness (QED) is 0.634. The van der Waals surface area contributed by atoms with Crippen molar-refractivity contribution in [3.8, 4) is 18.1 Å². The number of amides is 1. The van der Waals surface area contributed by atoms with Gasteiger partial charge in [0.25, 0.3) is 0 Å². The molecule has 0 unspecified atom stereocenters. The summed E-state index contributed by atoms with van der Waals surface area (Å²) in [4.78, 5) is 12.2. The highest BCUT2D eigenvalue weighted by Crippen LogP contribution is 2.33. The number of rotatable bonds is 4. The molecule has 0 aromatic heterocycles. The van der Waals surface area contributed by atoms with Crippen LogP contribution in [0.3, 0.4) is 0 Å². The first-order chi connectivity index (χ1) is 13.0. The number of terminal acetylenes is 1. The van der Waals surface area contributed by atoms with E-state index in [1.807, 2.05) is 44.2 Å². The number of halogens is 1. The van der Waals surface area contributed by atoms with E-state index < -0.39 is 11.9 Å². The SMILES string of the molecule is C#Cc1c(F)ccc2cc(OC(=O)NCc3ccccc3)cc(C(C)C)c12. The summed E-state index contributed by atoms with van der Waals surface area (Å²) in [5.41, 5.74) is 2.05. The Morgan fingerprint density at radius 1 is 1.19 bits per heavy atom. The Balaban J connectivity index is 1.88. The van der Waals surface area contributed by atoms with Crippen molar-refractivity contribution in [2.75, 3.05) is 0 Å². The van der Waals surface area contributed by atoms with E-state index >= 15 is 0 Å². The highest BCUT2D eigenvalue weighted by atomic mass is 19.1. The lowest BCUT2D eigenvalue weighted by Gasteiger charge is -2.15. The molecule has 0 bridgehead atoms. The van der Waals surface area contributed by atoms with E-state index in [1.165, 1.54) is 6.07 Å². The largest absolute Gasteiger partial charge is 0.412 e. The first-order valence-electron chi connectivity index (χ1n) is 8.72. The van der Waals surface area contributed by atoms with Gasteiger partial charge in [-0.2, -0.15) is 0 Å². The van der Waals surface area contributed by atoms with E-state index in [0.717, 1.165) is 16.5 Å². The van der Waals surface area contributed by atoms with Gasteiger partial charge in [-0.15, -0.1) is 6.42 Å². The number of benzene rings is 3. The fourth-order valence-corrected chi connectivity index (χ4v) is 3.01. The summed E-state index contributed by atoms with van der Waals surface area (Å²) < 4.78 is 19.5. The standard InChI is InChI=1S/C23H20FNO2/c1-4-19-21(24)11-10-17-12-18(13-20(15(2)3)22(17)19)27-23(26)25-14-16-8-6-5-7-9-16/h1,5-13,15H,14H2,2-3H3,(H,25,26). The van der Waals surface area contributed by atoms with Crippen molar-refractivity contribution in [3.05, 3.63) is 77.1 Å².